The third kappa shape index (κ3) is 3.11. The maximum absolute atomic E-state index is 11.0. The third-order valence-corrected chi connectivity index (χ3v) is 4.93. The molecular weight excluding hydrogens is 358 g/mol. The van der Waals surface area contributed by atoms with Crippen LogP contribution in [0.4, 0.5) is 0 Å². The Morgan fingerprint density at radius 3 is 2.00 bits per heavy atom. The van der Waals surface area contributed by atoms with Crippen molar-refractivity contribution in [3.8, 4) is 28.3 Å². The fourth-order valence-electron chi connectivity index (χ4n) is 3.47. The Hall–Kier alpha value is -4.05. The van der Waals surface area contributed by atoms with E-state index in [1.165, 1.54) is 0 Å². The van der Waals surface area contributed by atoms with Crippen LogP contribution in [-0.4, -0.2) is 20.8 Å². The number of rotatable bonds is 4. The highest BCUT2D eigenvalue weighted by molar-refractivity contribution is 5.93. The van der Waals surface area contributed by atoms with Gasteiger partial charge in [0.25, 0.3) is 0 Å². The van der Waals surface area contributed by atoms with E-state index in [2.05, 4.69) is 12.1 Å². The fraction of sp³-hybridized carbons (Fsp3) is 0. The Kier molecular flexibility index (Phi) is 4.22. The molecule has 0 saturated carbocycles. The number of benzene rings is 3. The number of fused-ring (bicyclic) bond motifs is 1. The smallest absolute Gasteiger partial charge is 0.162 e. The largest absolute Gasteiger partial charge is 0.301 e. The van der Waals surface area contributed by atoms with Gasteiger partial charge in [0.05, 0.1) is 5.69 Å². The van der Waals surface area contributed by atoms with Gasteiger partial charge in [-0.1, -0.05) is 60.7 Å². The van der Waals surface area contributed by atoms with E-state index in [1.54, 1.807) is 0 Å². The summed E-state index contributed by atoms with van der Waals surface area (Å²) in [5.41, 5.74) is 5.34. The minimum absolute atomic E-state index is 0.648. The molecule has 0 amide bonds. The van der Waals surface area contributed by atoms with E-state index >= 15 is 0 Å². The number of carbonyl (C=O) groups is 1. The summed E-state index contributed by atoms with van der Waals surface area (Å²) in [7, 11) is 0. The van der Waals surface area contributed by atoms with Gasteiger partial charge in [0, 0.05) is 34.0 Å². The quantitative estimate of drug-likeness (QED) is 0.386. The number of aromatic nitrogens is 3. The average molecular weight is 375 g/mol. The van der Waals surface area contributed by atoms with E-state index < -0.39 is 0 Å². The first-order valence-electron chi connectivity index (χ1n) is 9.39. The number of aldehydes is 1. The Balaban J connectivity index is 1.78. The van der Waals surface area contributed by atoms with E-state index in [9.17, 15) is 4.79 Å². The highest BCUT2D eigenvalue weighted by Crippen LogP contribution is 2.31. The summed E-state index contributed by atoms with van der Waals surface area (Å²) in [5, 5.41) is 0.982. The van der Waals surface area contributed by atoms with Crippen molar-refractivity contribution < 1.29 is 4.79 Å². The number of carbonyl (C=O) groups excluding carboxylic acids is 1. The summed E-state index contributed by atoms with van der Waals surface area (Å²) >= 11 is 0. The van der Waals surface area contributed by atoms with Crippen LogP contribution in [0.5, 0.6) is 0 Å². The van der Waals surface area contributed by atoms with Crippen LogP contribution in [0.1, 0.15) is 10.4 Å². The van der Waals surface area contributed by atoms with Crippen LogP contribution in [0.3, 0.4) is 0 Å². The first kappa shape index (κ1) is 17.1. The monoisotopic (exact) mass is 375 g/mol. The first-order chi connectivity index (χ1) is 14.3. The number of hydrogen-bond acceptors (Lipinski definition) is 3. The van der Waals surface area contributed by atoms with Gasteiger partial charge >= 0.3 is 0 Å². The predicted octanol–water partition coefficient (Wildman–Crippen LogP) is 5.57. The Labute approximate surface area is 168 Å². The minimum atomic E-state index is 0.648. The molecule has 138 valence electrons. The molecule has 0 aliphatic carbocycles. The molecule has 2 heterocycles. The Morgan fingerprint density at radius 2 is 1.34 bits per heavy atom. The van der Waals surface area contributed by atoms with Crippen LogP contribution in [-0.2, 0) is 0 Å². The van der Waals surface area contributed by atoms with Gasteiger partial charge in [0.1, 0.15) is 11.9 Å². The van der Waals surface area contributed by atoms with Crippen molar-refractivity contribution in [1.29, 1.82) is 0 Å². The summed E-state index contributed by atoms with van der Waals surface area (Å²) in [6.45, 7) is 0. The van der Waals surface area contributed by atoms with Crippen molar-refractivity contribution in [2.45, 2.75) is 0 Å². The molecule has 3 aromatic carbocycles. The molecule has 0 radical (unpaired) electrons. The number of nitrogens with zero attached hydrogens (tertiary/aromatic N) is 3. The summed E-state index contributed by atoms with van der Waals surface area (Å²) < 4.78 is 2.03. The van der Waals surface area contributed by atoms with Crippen LogP contribution >= 0.6 is 0 Å². The van der Waals surface area contributed by atoms with Crippen molar-refractivity contribution >= 4 is 17.3 Å². The van der Waals surface area contributed by atoms with Gasteiger partial charge in [-0.25, -0.2) is 9.97 Å². The molecule has 4 nitrogen and oxygen atoms in total. The summed E-state index contributed by atoms with van der Waals surface area (Å²) in [6.07, 6.45) is 2.84. The molecule has 0 saturated heterocycles. The van der Waals surface area contributed by atoms with Crippen molar-refractivity contribution in [3.63, 3.8) is 0 Å². The van der Waals surface area contributed by atoms with Crippen LogP contribution in [0, 0.1) is 0 Å². The number of hydrogen-bond donors (Lipinski definition) is 0. The summed E-state index contributed by atoms with van der Waals surface area (Å²) in [4.78, 5) is 20.8. The molecule has 4 heteroatoms. The molecule has 2 aromatic heterocycles. The molecule has 29 heavy (non-hydrogen) atoms. The second-order valence-corrected chi connectivity index (χ2v) is 6.76. The molecule has 5 rings (SSSR count). The zero-order valence-electron chi connectivity index (χ0n) is 15.6. The van der Waals surface area contributed by atoms with E-state index in [-0.39, 0.29) is 0 Å². The molecule has 0 aliphatic heterocycles. The van der Waals surface area contributed by atoms with E-state index in [0.717, 1.165) is 39.8 Å². The minimum Gasteiger partial charge on any atom is -0.301 e. The van der Waals surface area contributed by atoms with Crippen molar-refractivity contribution in [2.75, 3.05) is 0 Å². The highest BCUT2D eigenvalue weighted by Gasteiger charge is 2.15. The highest BCUT2D eigenvalue weighted by atomic mass is 16.1. The summed E-state index contributed by atoms with van der Waals surface area (Å²) in [5.74, 6) is 0.682. The van der Waals surface area contributed by atoms with Gasteiger partial charge in [-0.15, -0.1) is 0 Å². The topological polar surface area (TPSA) is 47.8 Å². The zero-order valence-corrected chi connectivity index (χ0v) is 15.6. The molecule has 0 N–H and O–H groups in total. The standard InChI is InChI=1S/C25H17N3O/c29-17-18-11-13-21(14-12-18)28-16-15-22-23(19-7-3-1-4-8-19)26-24(27-25(22)28)20-9-5-2-6-10-20/h1-17H. The molecule has 0 aliphatic rings. The van der Waals surface area contributed by atoms with Gasteiger partial charge in [0.2, 0.25) is 0 Å². The van der Waals surface area contributed by atoms with Gasteiger partial charge in [-0.2, -0.15) is 0 Å². The Morgan fingerprint density at radius 1 is 0.690 bits per heavy atom. The molecule has 5 aromatic rings. The fourth-order valence-corrected chi connectivity index (χ4v) is 3.47. The normalized spacial score (nSPS) is 10.9. The maximum atomic E-state index is 11.0. The first-order valence-corrected chi connectivity index (χ1v) is 9.39. The molecule has 0 fully saturated rings. The molecule has 0 atom stereocenters. The second-order valence-electron chi connectivity index (χ2n) is 6.76. The maximum Gasteiger partial charge on any atom is 0.162 e. The predicted molar refractivity (Wildman–Crippen MR) is 115 cm³/mol. The van der Waals surface area contributed by atoms with E-state index in [4.69, 9.17) is 9.97 Å². The van der Waals surface area contributed by atoms with Crippen LogP contribution in [0.2, 0.25) is 0 Å². The van der Waals surface area contributed by atoms with Crippen molar-refractivity contribution in [2.24, 2.45) is 0 Å². The lowest BCUT2D eigenvalue weighted by Crippen LogP contribution is -1.99. The van der Waals surface area contributed by atoms with Crippen molar-refractivity contribution in [3.05, 3.63) is 103 Å². The third-order valence-electron chi connectivity index (χ3n) is 4.93. The lowest BCUT2D eigenvalue weighted by molar-refractivity contribution is 0.112. The van der Waals surface area contributed by atoms with Crippen molar-refractivity contribution in [1.82, 2.24) is 14.5 Å². The second kappa shape index (κ2) is 7.17. The lowest BCUT2D eigenvalue weighted by atomic mass is 10.1. The van der Waals surface area contributed by atoms with Crippen LogP contribution < -0.4 is 0 Å². The average Bonchev–Trinajstić information content (AvgIpc) is 3.24. The van der Waals surface area contributed by atoms with Gasteiger partial charge in [0.15, 0.2) is 5.82 Å². The molecule has 0 unspecified atom stereocenters. The van der Waals surface area contributed by atoms with E-state index in [1.807, 2.05) is 89.6 Å². The molecule has 0 bridgehead atoms. The lowest BCUT2D eigenvalue weighted by Gasteiger charge is -2.10. The molecule has 0 spiro atoms. The molecular formula is C25H17N3O. The Bertz CT molecular complexity index is 1290. The SMILES string of the molecule is O=Cc1ccc(-n2ccc3c(-c4ccccc4)nc(-c4ccccc4)nc32)cc1. The van der Waals surface area contributed by atoms with E-state index in [0.29, 0.717) is 11.4 Å². The summed E-state index contributed by atoms with van der Waals surface area (Å²) in [6, 6.07) is 29.7. The van der Waals surface area contributed by atoms with Crippen LogP contribution in [0.25, 0.3) is 39.4 Å². The van der Waals surface area contributed by atoms with Crippen LogP contribution in [0.15, 0.2) is 97.2 Å². The van der Waals surface area contributed by atoms with Gasteiger partial charge in [-0.05, 0) is 30.3 Å². The zero-order chi connectivity index (χ0) is 19.6. The van der Waals surface area contributed by atoms with Gasteiger partial charge < -0.3 is 4.57 Å². The van der Waals surface area contributed by atoms with Gasteiger partial charge in [-0.3, -0.25) is 4.79 Å².